The second kappa shape index (κ2) is 7.82. The summed E-state index contributed by atoms with van der Waals surface area (Å²) in [5.74, 6) is 0.627. The summed E-state index contributed by atoms with van der Waals surface area (Å²) in [5.41, 5.74) is 0.566. The third kappa shape index (κ3) is 4.59. The number of para-hydroxylation sites is 2. The highest BCUT2D eigenvalue weighted by molar-refractivity contribution is 5.90. The van der Waals surface area contributed by atoms with Gasteiger partial charge in [-0.3, -0.25) is 4.79 Å². The van der Waals surface area contributed by atoms with E-state index in [1.807, 2.05) is 6.07 Å². The fourth-order valence-corrected chi connectivity index (χ4v) is 2.57. The molecule has 2 rings (SSSR count). The number of aliphatic hydroxyl groups excluding tert-OH is 1. The summed E-state index contributed by atoms with van der Waals surface area (Å²) in [4.78, 5) is 26.8. The van der Waals surface area contributed by atoms with Crippen molar-refractivity contribution in [1.29, 1.82) is 0 Å². The Morgan fingerprint density at radius 3 is 2.87 bits per heavy atom. The average molecular weight is 321 g/mol. The van der Waals surface area contributed by atoms with Crippen molar-refractivity contribution in [3.8, 4) is 5.75 Å². The van der Waals surface area contributed by atoms with Crippen molar-refractivity contribution in [2.45, 2.75) is 18.9 Å². The zero-order valence-electron chi connectivity index (χ0n) is 13.5. The maximum atomic E-state index is 12.2. The molecule has 126 valence electrons. The van der Waals surface area contributed by atoms with Crippen LogP contribution in [0.5, 0.6) is 5.75 Å². The van der Waals surface area contributed by atoms with Crippen LogP contribution in [0.25, 0.3) is 0 Å². The molecule has 0 aromatic heterocycles. The number of likely N-dealkylation sites (N-methyl/N-ethyl adjacent to an activating group) is 1. The summed E-state index contributed by atoms with van der Waals surface area (Å²) in [5, 5.41) is 12.8. The van der Waals surface area contributed by atoms with Gasteiger partial charge in [0.2, 0.25) is 5.91 Å². The summed E-state index contributed by atoms with van der Waals surface area (Å²) < 4.78 is 5.18. The molecule has 1 saturated heterocycles. The van der Waals surface area contributed by atoms with Crippen molar-refractivity contribution in [2.24, 2.45) is 0 Å². The van der Waals surface area contributed by atoms with E-state index in [2.05, 4.69) is 5.32 Å². The summed E-state index contributed by atoms with van der Waals surface area (Å²) in [6.45, 7) is 1.07. The van der Waals surface area contributed by atoms with Gasteiger partial charge in [0.25, 0.3) is 0 Å². The molecule has 1 aliphatic rings. The number of amides is 3. The molecular weight excluding hydrogens is 298 g/mol. The Morgan fingerprint density at radius 2 is 2.22 bits per heavy atom. The van der Waals surface area contributed by atoms with Crippen LogP contribution in [-0.4, -0.2) is 66.7 Å². The zero-order valence-corrected chi connectivity index (χ0v) is 13.5. The number of methoxy groups -OCH3 is 1. The first-order valence-electron chi connectivity index (χ1n) is 7.62. The van der Waals surface area contributed by atoms with Gasteiger partial charge in [-0.2, -0.15) is 0 Å². The van der Waals surface area contributed by atoms with E-state index in [0.29, 0.717) is 24.4 Å². The van der Waals surface area contributed by atoms with E-state index < -0.39 is 6.10 Å². The molecule has 1 aliphatic heterocycles. The second-order valence-corrected chi connectivity index (χ2v) is 5.61. The topological polar surface area (TPSA) is 82.1 Å². The monoisotopic (exact) mass is 321 g/mol. The van der Waals surface area contributed by atoms with Gasteiger partial charge in [-0.1, -0.05) is 12.1 Å². The van der Waals surface area contributed by atoms with E-state index in [1.54, 1.807) is 30.1 Å². The van der Waals surface area contributed by atoms with Crippen LogP contribution in [-0.2, 0) is 4.79 Å². The highest BCUT2D eigenvalue weighted by Crippen LogP contribution is 2.23. The molecule has 0 radical (unpaired) electrons. The largest absolute Gasteiger partial charge is 0.495 e. The standard InChI is InChI=1S/C16H23N3O4/c1-18(10-12(20)11-19-9-5-8-15(19)21)16(22)17-13-6-3-4-7-14(13)23-2/h3-4,6-7,12,20H,5,8-11H2,1-2H3,(H,17,22)/t12-/m1/s1. The number of likely N-dealkylation sites (tertiary alicyclic amines) is 1. The number of nitrogens with zero attached hydrogens (tertiary/aromatic N) is 2. The van der Waals surface area contributed by atoms with E-state index in [-0.39, 0.29) is 25.0 Å². The number of hydrogen-bond donors (Lipinski definition) is 2. The summed E-state index contributed by atoms with van der Waals surface area (Å²) in [6.07, 6.45) is 0.595. The summed E-state index contributed by atoms with van der Waals surface area (Å²) in [6, 6.07) is 6.76. The quantitative estimate of drug-likeness (QED) is 0.823. The molecular formula is C16H23N3O4. The Hall–Kier alpha value is -2.28. The Labute approximate surface area is 135 Å². The molecule has 1 aromatic carbocycles. The fourth-order valence-electron chi connectivity index (χ4n) is 2.57. The van der Waals surface area contributed by atoms with Crippen molar-refractivity contribution < 1.29 is 19.4 Å². The highest BCUT2D eigenvalue weighted by atomic mass is 16.5. The number of benzene rings is 1. The first-order valence-corrected chi connectivity index (χ1v) is 7.62. The van der Waals surface area contributed by atoms with Crippen LogP contribution in [0.1, 0.15) is 12.8 Å². The highest BCUT2D eigenvalue weighted by Gasteiger charge is 2.24. The van der Waals surface area contributed by atoms with Crippen molar-refractivity contribution in [3.05, 3.63) is 24.3 Å². The van der Waals surface area contributed by atoms with Crippen LogP contribution in [0.3, 0.4) is 0 Å². The molecule has 23 heavy (non-hydrogen) atoms. The fraction of sp³-hybridized carbons (Fsp3) is 0.500. The predicted molar refractivity (Wildman–Crippen MR) is 86.5 cm³/mol. The second-order valence-electron chi connectivity index (χ2n) is 5.61. The predicted octanol–water partition coefficient (Wildman–Crippen LogP) is 1.14. The number of anilines is 1. The van der Waals surface area contributed by atoms with Crippen LogP contribution in [0.2, 0.25) is 0 Å². The molecule has 0 unspecified atom stereocenters. The minimum Gasteiger partial charge on any atom is -0.495 e. The van der Waals surface area contributed by atoms with Gasteiger partial charge in [0.1, 0.15) is 5.75 Å². The van der Waals surface area contributed by atoms with E-state index in [4.69, 9.17) is 4.74 Å². The minimum absolute atomic E-state index is 0.0603. The Morgan fingerprint density at radius 1 is 1.48 bits per heavy atom. The third-order valence-electron chi connectivity index (χ3n) is 3.78. The first-order chi connectivity index (χ1) is 11.0. The van der Waals surface area contributed by atoms with Gasteiger partial charge in [0.05, 0.1) is 18.9 Å². The lowest BCUT2D eigenvalue weighted by Gasteiger charge is -2.25. The summed E-state index contributed by atoms with van der Waals surface area (Å²) >= 11 is 0. The van der Waals surface area contributed by atoms with Crippen LogP contribution in [0, 0.1) is 0 Å². The first kappa shape index (κ1) is 17.1. The summed E-state index contributed by atoms with van der Waals surface area (Å²) in [7, 11) is 3.13. The molecule has 0 bridgehead atoms. The normalized spacial score (nSPS) is 15.4. The van der Waals surface area contributed by atoms with Gasteiger partial charge >= 0.3 is 6.03 Å². The number of hydrogen-bond acceptors (Lipinski definition) is 4. The lowest BCUT2D eigenvalue weighted by molar-refractivity contribution is -0.128. The average Bonchev–Trinajstić information content (AvgIpc) is 2.92. The smallest absolute Gasteiger partial charge is 0.321 e. The van der Waals surface area contributed by atoms with E-state index in [9.17, 15) is 14.7 Å². The molecule has 7 nitrogen and oxygen atoms in total. The Balaban J connectivity index is 1.85. The van der Waals surface area contributed by atoms with Crippen molar-refractivity contribution >= 4 is 17.6 Å². The third-order valence-corrected chi connectivity index (χ3v) is 3.78. The Kier molecular flexibility index (Phi) is 5.81. The van der Waals surface area contributed by atoms with Gasteiger partial charge in [-0.05, 0) is 18.6 Å². The van der Waals surface area contributed by atoms with Gasteiger partial charge < -0.3 is 25.0 Å². The van der Waals surface area contributed by atoms with Crippen molar-refractivity contribution in [3.63, 3.8) is 0 Å². The number of aliphatic hydroxyl groups is 1. The molecule has 1 fully saturated rings. The van der Waals surface area contributed by atoms with E-state index >= 15 is 0 Å². The van der Waals surface area contributed by atoms with Crippen LogP contribution >= 0.6 is 0 Å². The van der Waals surface area contributed by atoms with Gasteiger partial charge in [-0.15, -0.1) is 0 Å². The van der Waals surface area contributed by atoms with Gasteiger partial charge in [-0.25, -0.2) is 4.79 Å². The van der Waals surface area contributed by atoms with Crippen LogP contribution in [0.15, 0.2) is 24.3 Å². The van der Waals surface area contributed by atoms with Crippen molar-refractivity contribution in [2.75, 3.05) is 39.1 Å². The van der Waals surface area contributed by atoms with E-state index in [1.165, 1.54) is 12.0 Å². The molecule has 2 N–H and O–H groups in total. The zero-order chi connectivity index (χ0) is 16.8. The maximum absolute atomic E-state index is 12.2. The Bertz CT molecular complexity index is 564. The number of ether oxygens (including phenoxy) is 1. The minimum atomic E-state index is -0.773. The maximum Gasteiger partial charge on any atom is 0.321 e. The number of nitrogens with one attached hydrogen (secondary N) is 1. The molecule has 1 heterocycles. The number of urea groups is 1. The molecule has 1 aromatic rings. The SMILES string of the molecule is COc1ccccc1NC(=O)N(C)C[C@@H](O)CN1CCCC1=O. The molecule has 1 atom stereocenters. The number of carbonyl (C=O) groups excluding carboxylic acids is 2. The number of rotatable bonds is 6. The molecule has 0 aliphatic carbocycles. The number of β-amino-alcohol motifs (C(OH)–C–C–N with tert-alkyl or cyclic N) is 1. The molecule has 0 saturated carbocycles. The van der Waals surface area contributed by atoms with Crippen LogP contribution in [0.4, 0.5) is 10.5 Å². The molecule has 3 amide bonds. The number of carbonyl (C=O) groups is 2. The van der Waals surface area contributed by atoms with Gasteiger partial charge in [0.15, 0.2) is 0 Å². The lowest BCUT2D eigenvalue weighted by atomic mass is 10.3. The molecule has 0 spiro atoms. The van der Waals surface area contributed by atoms with E-state index in [0.717, 1.165) is 6.42 Å². The van der Waals surface area contributed by atoms with Crippen molar-refractivity contribution in [1.82, 2.24) is 9.80 Å². The molecule has 7 heteroatoms. The van der Waals surface area contributed by atoms with Crippen LogP contribution < -0.4 is 10.1 Å². The lowest BCUT2D eigenvalue weighted by Crippen LogP contribution is -2.42. The van der Waals surface area contributed by atoms with Gasteiger partial charge in [0, 0.05) is 33.1 Å².